The van der Waals surface area contributed by atoms with Crippen LogP contribution in [0.5, 0.6) is 0 Å². The maximum Gasteiger partial charge on any atom is 0.335 e. The molecule has 0 amide bonds. The van der Waals surface area contributed by atoms with Crippen LogP contribution >= 0.6 is 15.9 Å². The van der Waals surface area contributed by atoms with Gasteiger partial charge >= 0.3 is 12.0 Å². The molecule has 0 unspecified atom stereocenters. The lowest BCUT2D eigenvalue weighted by Crippen LogP contribution is -2.15. The largest absolute Gasteiger partial charge is 0.478 e. The summed E-state index contributed by atoms with van der Waals surface area (Å²) in [6.45, 7) is 3.10. The topological polar surface area (TPSA) is 122 Å². The fourth-order valence-corrected chi connectivity index (χ4v) is 3.53. The van der Waals surface area contributed by atoms with Gasteiger partial charge in [0.1, 0.15) is 4.90 Å². The Morgan fingerprint density at radius 2 is 2.00 bits per heavy atom. The van der Waals surface area contributed by atoms with Crippen molar-refractivity contribution in [2.75, 3.05) is 4.72 Å². The van der Waals surface area contributed by atoms with Crippen LogP contribution in [0.1, 0.15) is 21.8 Å². The van der Waals surface area contributed by atoms with Crippen LogP contribution in [0.15, 0.2) is 25.9 Å². The molecule has 0 spiro atoms. The molecule has 112 valence electrons. The molecule has 21 heavy (non-hydrogen) atoms. The predicted octanol–water partition coefficient (Wildman–Crippen LogP) is 1.95. The summed E-state index contributed by atoms with van der Waals surface area (Å²) in [6.07, 6.45) is 0. The first-order chi connectivity index (χ1) is 9.70. The molecular formula is C11H10BrN3O5S. The number of hydrogen-bond acceptors (Lipinski definition) is 6. The quantitative estimate of drug-likeness (QED) is 0.836. The van der Waals surface area contributed by atoms with E-state index in [0.29, 0.717) is 5.56 Å². The monoisotopic (exact) mass is 375 g/mol. The van der Waals surface area contributed by atoms with Crippen molar-refractivity contribution in [2.45, 2.75) is 18.7 Å². The molecule has 2 rings (SSSR count). The van der Waals surface area contributed by atoms with Gasteiger partial charge in [0.15, 0.2) is 0 Å². The number of carboxylic acid groups (broad SMARTS) is 1. The molecule has 0 saturated carbocycles. The van der Waals surface area contributed by atoms with Crippen LogP contribution in [-0.4, -0.2) is 29.7 Å². The summed E-state index contributed by atoms with van der Waals surface area (Å²) in [4.78, 5) is 10.8. The Balaban J connectivity index is 2.51. The van der Waals surface area contributed by atoms with E-state index in [9.17, 15) is 13.2 Å². The highest BCUT2D eigenvalue weighted by Gasteiger charge is 2.23. The van der Waals surface area contributed by atoms with Gasteiger partial charge in [-0.2, -0.15) is 0 Å². The highest BCUT2D eigenvalue weighted by molar-refractivity contribution is 9.10. The number of hydrogen-bond donors (Lipinski definition) is 2. The number of benzene rings is 1. The number of anilines is 1. The SMILES string of the molecule is Cc1nnc(NS(=O)(=O)c2cc(C(=O)O)cc(C)c2Br)o1. The second-order valence-electron chi connectivity index (χ2n) is 4.14. The molecule has 0 fully saturated rings. The minimum atomic E-state index is -4.07. The van der Waals surface area contributed by atoms with E-state index in [1.807, 2.05) is 0 Å². The van der Waals surface area contributed by atoms with Crippen molar-refractivity contribution in [3.63, 3.8) is 0 Å². The van der Waals surface area contributed by atoms with Crippen LogP contribution < -0.4 is 4.72 Å². The van der Waals surface area contributed by atoms with Gasteiger partial charge in [0, 0.05) is 11.4 Å². The highest BCUT2D eigenvalue weighted by Crippen LogP contribution is 2.28. The Labute approximate surface area is 128 Å². The number of aromatic nitrogens is 2. The van der Waals surface area contributed by atoms with Crippen LogP contribution in [-0.2, 0) is 10.0 Å². The zero-order valence-electron chi connectivity index (χ0n) is 10.9. The third-order valence-corrected chi connectivity index (χ3v) is 5.16. The van der Waals surface area contributed by atoms with E-state index in [2.05, 4.69) is 30.8 Å². The maximum atomic E-state index is 12.3. The number of aryl methyl sites for hydroxylation is 2. The fourth-order valence-electron chi connectivity index (χ4n) is 1.56. The molecule has 10 heteroatoms. The first-order valence-electron chi connectivity index (χ1n) is 5.57. The smallest absolute Gasteiger partial charge is 0.335 e. The van der Waals surface area contributed by atoms with E-state index in [0.717, 1.165) is 6.07 Å². The molecule has 0 aliphatic carbocycles. The standard InChI is InChI=1S/C11H10BrN3O5S/c1-5-3-7(10(16)17)4-8(9(5)12)21(18,19)15-11-14-13-6(2)20-11/h3-4H,1-2H3,(H,14,15)(H,16,17). The Morgan fingerprint density at radius 3 is 2.52 bits per heavy atom. The van der Waals surface area contributed by atoms with E-state index in [4.69, 9.17) is 9.52 Å². The third-order valence-electron chi connectivity index (χ3n) is 2.51. The summed E-state index contributed by atoms with van der Waals surface area (Å²) in [5.74, 6) is -1.03. The number of nitrogens with one attached hydrogen (secondary N) is 1. The van der Waals surface area contributed by atoms with Gasteiger partial charge in [-0.15, -0.1) is 5.10 Å². The maximum absolute atomic E-state index is 12.3. The first kappa shape index (κ1) is 15.4. The molecule has 1 aromatic heterocycles. The number of aromatic carboxylic acids is 1. The normalized spacial score (nSPS) is 11.4. The van der Waals surface area contributed by atoms with Crippen molar-refractivity contribution in [1.29, 1.82) is 0 Å². The molecular weight excluding hydrogens is 366 g/mol. The van der Waals surface area contributed by atoms with Crippen LogP contribution in [0.3, 0.4) is 0 Å². The van der Waals surface area contributed by atoms with Gasteiger partial charge < -0.3 is 9.52 Å². The minimum absolute atomic E-state index is 0.141. The average molecular weight is 376 g/mol. The van der Waals surface area contributed by atoms with Crippen molar-refractivity contribution in [1.82, 2.24) is 10.2 Å². The molecule has 2 N–H and O–H groups in total. The molecule has 0 radical (unpaired) electrons. The van der Waals surface area contributed by atoms with E-state index in [1.165, 1.54) is 13.0 Å². The van der Waals surface area contributed by atoms with Gasteiger partial charge in [-0.05, 0) is 40.5 Å². The third kappa shape index (κ3) is 3.22. The van der Waals surface area contributed by atoms with Gasteiger partial charge in [0.25, 0.3) is 10.0 Å². The lowest BCUT2D eigenvalue weighted by Gasteiger charge is -2.10. The molecule has 0 saturated heterocycles. The zero-order valence-corrected chi connectivity index (χ0v) is 13.3. The van der Waals surface area contributed by atoms with E-state index in [1.54, 1.807) is 6.92 Å². The summed E-state index contributed by atoms with van der Waals surface area (Å²) in [5.41, 5.74) is 0.328. The number of carboxylic acids is 1. The second kappa shape index (κ2) is 5.45. The average Bonchev–Trinajstić information content (AvgIpc) is 2.76. The number of sulfonamides is 1. The summed E-state index contributed by atoms with van der Waals surface area (Å²) >= 11 is 3.14. The van der Waals surface area contributed by atoms with E-state index < -0.39 is 16.0 Å². The van der Waals surface area contributed by atoms with Crippen molar-refractivity contribution in [2.24, 2.45) is 0 Å². The Bertz CT molecular complexity index is 815. The van der Waals surface area contributed by atoms with Gasteiger partial charge in [0.05, 0.1) is 5.56 Å². The van der Waals surface area contributed by atoms with E-state index >= 15 is 0 Å². The second-order valence-corrected chi connectivity index (χ2v) is 6.59. The molecule has 1 heterocycles. The summed E-state index contributed by atoms with van der Waals surface area (Å²) in [5, 5.41) is 16.0. The lowest BCUT2D eigenvalue weighted by atomic mass is 10.1. The number of halogens is 1. The van der Waals surface area contributed by atoms with Crippen LogP contribution in [0.4, 0.5) is 6.01 Å². The zero-order chi connectivity index (χ0) is 15.8. The van der Waals surface area contributed by atoms with Crippen molar-refractivity contribution in [3.8, 4) is 0 Å². The number of nitrogens with zero attached hydrogens (tertiary/aromatic N) is 2. The molecule has 2 aromatic rings. The van der Waals surface area contributed by atoms with Gasteiger partial charge in [-0.25, -0.2) is 17.9 Å². The summed E-state index contributed by atoms with van der Waals surface area (Å²) < 4.78 is 31.9. The predicted molar refractivity (Wildman–Crippen MR) is 75.7 cm³/mol. The number of carbonyl (C=O) groups is 1. The molecule has 8 nitrogen and oxygen atoms in total. The Hall–Kier alpha value is -1.94. The first-order valence-corrected chi connectivity index (χ1v) is 7.84. The summed E-state index contributed by atoms with van der Waals surface area (Å²) in [7, 11) is -4.07. The summed E-state index contributed by atoms with van der Waals surface area (Å²) in [6, 6.07) is 2.12. The minimum Gasteiger partial charge on any atom is -0.478 e. The molecule has 0 aliphatic rings. The number of rotatable bonds is 4. The molecule has 1 aromatic carbocycles. The van der Waals surface area contributed by atoms with Crippen LogP contribution in [0.25, 0.3) is 0 Å². The lowest BCUT2D eigenvalue weighted by molar-refractivity contribution is 0.0696. The Morgan fingerprint density at radius 1 is 1.33 bits per heavy atom. The van der Waals surface area contributed by atoms with Gasteiger partial charge in [-0.3, -0.25) is 0 Å². The fraction of sp³-hybridized carbons (Fsp3) is 0.182. The van der Waals surface area contributed by atoms with Gasteiger partial charge in [0.2, 0.25) is 5.89 Å². The van der Waals surface area contributed by atoms with Crippen molar-refractivity contribution >= 4 is 37.9 Å². The van der Waals surface area contributed by atoms with Crippen molar-refractivity contribution < 1.29 is 22.7 Å². The van der Waals surface area contributed by atoms with Crippen LogP contribution in [0, 0.1) is 13.8 Å². The molecule has 0 bridgehead atoms. The van der Waals surface area contributed by atoms with Crippen LogP contribution in [0.2, 0.25) is 0 Å². The van der Waals surface area contributed by atoms with Gasteiger partial charge in [-0.1, -0.05) is 5.10 Å². The van der Waals surface area contributed by atoms with Crippen molar-refractivity contribution in [3.05, 3.63) is 33.6 Å². The molecule has 0 atom stereocenters. The van der Waals surface area contributed by atoms with E-state index in [-0.39, 0.29) is 26.8 Å². The molecule has 0 aliphatic heterocycles. The highest BCUT2D eigenvalue weighted by atomic mass is 79.9. The Kier molecular flexibility index (Phi) is 4.01.